The van der Waals surface area contributed by atoms with Gasteiger partial charge in [0.2, 0.25) is 29.5 Å². The first kappa shape index (κ1) is 32.3. The van der Waals surface area contributed by atoms with Crippen LogP contribution < -0.4 is 33.2 Å². The fourth-order valence-electron chi connectivity index (χ4n) is 3.27. The molecule has 0 bridgehead atoms. The molecule has 16 heteroatoms. The number of hydrogen-bond donors (Lipinski definition) is 9. The Morgan fingerprint density at radius 2 is 1.26 bits per heavy atom. The van der Waals surface area contributed by atoms with Gasteiger partial charge in [-0.05, 0) is 30.5 Å². The van der Waals surface area contributed by atoms with Gasteiger partial charge in [-0.15, -0.1) is 0 Å². The molecule has 12 N–H and O–H groups in total. The summed E-state index contributed by atoms with van der Waals surface area (Å²) in [6.45, 7) is 0. The highest BCUT2D eigenvalue weighted by molar-refractivity contribution is 5.96. The molecular formula is C23H32N6O10. The minimum atomic E-state index is -1.62. The summed E-state index contributed by atoms with van der Waals surface area (Å²) in [7, 11) is 0. The van der Waals surface area contributed by atoms with Gasteiger partial charge in [0.25, 0.3) is 0 Å². The Labute approximate surface area is 222 Å². The zero-order chi connectivity index (χ0) is 29.7. The summed E-state index contributed by atoms with van der Waals surface area (Å²) in [6.07, 6.45) is -2.37. The zero-order valence-corrected chi connectivity index (χ0v) is 20.8. The van der Waals surface area contributed by atoms with Gasteiger partial charge in [0.1, 0.15) is 23.9 Å². The second-order valence-electron chi connectivity index (χ2n) is 8.61. The number of phenols is 1. The predicted octanol–water partition coefficient (Wildman–Crippen LogP) is -3.19. The van der Waals surface area contributed by atoms with E-state index in [-0.39, 0.29) is 25.0 Å². The lowest BCUT2D eigenvalue weighted by molar-refractivity contribution is -0.143. The van der Waals surface area contributed by atoms with E-state index in [0.29, 0.717) is 5.56 Å². The minimum absolute atomic E-state index is 0.0578. The maximum Gasteiger partial charge on any atom is 0.326 e. The summed E-state index contributed by atoms with van der Waals surface area (Å²) in [6, 6.07) is -0.455. The summed E-state index contributed by atoms with van der Waals surface area (Å²) in [4.78, 5) is 83.4. The first-order valence-electron chi connectivity index (χ1n) is 11.6. The molecular weight excluding hydrogens is 520 g/mol. The largest absolute Gasteiger partial charge is 0.508 e. The first-order chi connectivity index (χ1) is 18.2. The molecule has 0 aliphatic heterocycles. The molecule has 39 heavy (non-hydrogen) atoms. The Hall–Kier alpha value is -4.73. The number of carboxylic acids is 2. The molecule has 214 valence electrons. The number of aliphatic carboxylic acids is 2. The standard InChI is InChI=1S/C23H32N6O10/c24-13(5-7-17(25)31)20(35)28-15(10-18(26)32)22(37)27-14(6-8-19(33)34)21(36)29-16(23(38)39)9-11-1-3-12(30)4-2-11/h1-4,13-16,30H,5-10,24H2,(H2,25,31)(H2,26,32)(H,27,37)(H,28,35)(H,29,36)(H,33,34)(H,38,39). The third-order valence-electron chi connectivity index (χ3n) is 5.35. The third kappa shape index (κ3) is 12.4. The summed E-state index contributed by atoms with van der Waals surface area (Å²) < 4.78 is 0. The number of nitrogens with two attached hydrogens (primary N) is 3. The number of rotatable bonds is 17. The first-order valence-corrected chi connectivity index (χ1v) is 11.6. The van der Waals surface area contributed by atoms with Crippen LogP contribution in [0.4, 0.5) is 0 Å². The number of benzene rings is 1. The van der Waals surface area contributed by atoms with Crippen LogP contribution in [0.25, 0.3) is 0 Å². The molecule has 1 rings (SSSR count). The lowest BCUT2D eigenvalue weighted by atomic mass is 10.0. The molecule has 4 atom stereocenters. The van der Waals surface area contributed by atoms with Crippen molar-refractivity contribution in [2.24, 2.45) is 17.2 Å². The normalized spacial score (nSPS) is 13.7. The van der Waals surface area contributed by atoms with Crippen molar-refractivity contribution in [1.82, 2.24) is 16.0 Å². The number of phenolic OH excluding ortho intramolecular Hbond substituents is 1. The highest BCUT2D eigenvalue weighted by Crippen LogP contribution is 2.12. The van der Waals surface area contributed by atoms with Crippen molar-refractivity contribution in [2.75, 3.05) is 0 Å². The maximum atomic E-state index is 12.9. The van der Waals surface area contributed by atoms with Crippen molar-refractivity contribution in [3.8, 4) is 5.75 Å². The molecule has 0 saturated heterocycles. The third-order valence-corrected chi connectivity index (χ3v) is 5.35. The van der Waals surface area contributed by atoms with Crippen LogP contribution in [-0.4, -0.2) is 81.0 Å². The zero-order valence-electron chi connectivity index (χ0n) is 20.8. The van der Waals surface area contributed by atoms with E-state index in [2.05, 4.69) is 16.0 Å². The molecule has 0 fully saturated rings. The molecule has 5 amide bonds. The van der Waals surface area contributed by atoms with E-state index >= 15 is 0 Å². The minimum Gasteiger partial charge on any atom is -0.508 e. The van der Waals surface area contributed by atoms with E-state index in [1.807, 2.05) is 0 Å². The van der Waals surface area contributed by atoms with Gasteiger partial charge in [-0.1, -0.05) is 12.1 Å². The van der Waals surface area contributed by atoms with Crippen molar-refractivity contribution >= 4 is 41.5 Å². The quantitative estimate of drug-likeness (QED) is 0.0927. The molecule has 0 radical (unpaired) electrons. The topological polar surface area (TPSA) is 294 Å². The molecule has 0 saturated carbocycles. The average molecular weight is 553 g/mol. The van der Waals surface area contributed by atoms with Crippen molar-refractivity contribution < 1.29 is 48.9 Å². The smallest absolute Gasteiger partial charge is 0.326 e. The molecule has 4 unspecified atom stereocenters. The molecule has 0 aliphatic carbocycles. The molecule has 0 aliphatic rings. The van der Waals surface area contributed by atoms with Gasteiger partial charge < -0.3 is 48.5 Å². The van der Waals surface area contributed by atoms with Crippen molar-refractivity contribution in [2.45, 2.75) is 62.7 Å². The Morgan fingerprint density at radius 1 is 0.718 bits per heavy atom. The molecule has 0 aromatic heterocycles. The summed E-state index contributed by atoms with van der Waals surface area (Å²) in [5.41, 5.74) is 16.3. The van der Waals surface area contributed by atoms with Crippen molar-refractivity contribution in [1.29, 1.82) is 0 Å². The highest BCUT2D eigenvalue weighted by atomic mass is 16.4. The second-order valence-corrected chi connectivity index (χ2v) is 8.61. The van der Waals surface area contributed by atoms with Gasteiger partial charge in [0.15, 0.2) is 0 Å². The Balaban J connectivity index is 3.05. The highest BCUT2D eigenvalue weighted by Gasteiger charge is 2.31. The van der Waals surface area contributed by atoms with Crippen LogP contribution in [0, 0.1) is 0 Å². The van der Waals surface area contributed by atoms with Crippen molar-refractivity contribution in [3.63, 3.8) is 0 Å². The molecule has 0 spiro atoms. The lowest BCUT2D eigenvalue weighted by Gasteiger charge is -2.24. The Morgan fingerprint density at radius 3 is 1.77 bits per heavy atom. The van der Waals surface area contributed by atoms with Gasteiger partial charge in [-0.3, -0.25) is 28.8 Å². The average Bonchev–Trinajstić information content (AvgIpc) is 2.84. The number of carbonyl (C=O) groups excluding carboxylic acids is 5. The number of primary amides is 2. The lowest BCUT2D eigenvalue weighted by Crippen LogP contribution is -2.58. The van der Waals surface area contributed by atoms with E-state index in [0.717, 1.165) is 0 Å². The van der Waals surface area contributed by atoms with Crippen LogP contribution in [0.5, 0.6) is 5.75 Å². The monoisotopic (exact) mass is 552 g/mol. The molecule has 0 heterocycles. The fraction of sp³-hybridized carbons (Fsp3) is 0.435. The predicted molar refractivity (Wildman–Crippen MR) is 132 cm³/mol. The van der Waals surface area contributed by atoms with Crippen LogP contribution >= 0.6 is 0 Å². The van der Waals surface area contributed by atoms with E-state index in [9.17, 15) is 43.8 Å². The van der Waals surface area contributed by atoms with Crippen LogP contribution in [0.3, 0.4) is 0 Å². The Bertz CT molecular complexity index is 1080. The van der Waals surface area contributed by atoms with E-state index in [1.54, 1.807) is 0 Å². The molecule has 1 aromatic rings. The van der Waals surface area contributed by atoms with Gasteiger partial charge in [0.05, 0.1) is 12.5 Å². The van der Waals surface area contributed by atoms with E-state index in [4.69, 9.17) is 22.3 Å². The van der Waals surface area contributed by atoms with Gasteiger partial charge >= 0.3 is 11.9 Å². The number of hydrogen-bond acceptors (Lipinski definition) is 9. The second kappa shape index (κ2) is 15.5. The van der Waals surface area contributed by atoms with E-state index in [1.165, 1.54) is 24.3 Å². The van der Waals surface area contributed by atoms with Crippen LogP contribution in [0.2, 0.25) is 0 Å². The van der Waals surface area contributed by atoms with Crippen molar-refractivity contribution in [3.05, 3.63) is 29.8 Å². The van der Waals surface area contributed by atoms with Crippen LogP contribution in [-0.2, 0) is 40.0 Å². The Kier molecular flexibility index (Phi) is 12.8. The summed E-state index contributed by atoms with van der Waals surface area (Å²) in [5, 5.41) is 34.6. The number of carboxylic acid groups (broad SMARTS) is 2. The van der Waals surface area contributed by atoms with E-state index < -0.39 is 84.9 Å². The fourth-order valence-corrected chi connectivity index (χ4v) is 3.27. The number of aromatic hydroxyl groups is 1. The van der Waals surface area contributed by atoms with Gasteiger partial charge in [-0.25, -0.2) is 4.79 Å². The van der Waals surface area contributed by atoms with Gasteiger partial charge in [0, 0.05) is 19.3 Å². The maximum absolute atomic E-state index is 12.9. The number of amides is 5. The molecule has 1 aromatic carbocycles. The SMILES string of the molecule is NC(=O)CCC(N)C(=O)NC(CC(N)=O)C(=O)NC(CCC(=O)O)C(=O)NC(Cc1ccc(O)cc1)C(=O)O. The number of carbonyl (C=O) groups is 7. The summed E-state index contributed by atoms with van der Waals surface area (Å²) >= 11 is 0. The summed E-state index contributed by atoms with van der Waals surface area (Å²) in [5.74, 6) is -7.60. The number of nitrogens with one attached hydrogen (secondary N) is 3. The van der Waals surface area contributed by atoms with Gasteiger partial charge in [-0.2, -0.15) is 0 Å². The molecule has 16 nitrogen and oxygen atoms in total. The van der Waals surface area contributed by atoms with Crippen LogP contribution in [0.1, 0.15) is 37.7 Å². The van der Waals surface area contributed by atoms with Crippen LogP contribution in [0.15, 0.2) is 24.3 Å².